The number of aliphatic hydroxyl groups is 1. The monoisotopic (exact) mass is 304 g/mol. The zero-order valence-corrected chi connectivity index (χ0v) is 11.1. The van der Waals surface area contributed by atoms with Crippen molar-refractivity contribution in [2.24, 2.45) is 16.6 Å². The number of fused-ring (bicyclic) bond motifs is 1. The Hall–Kier alpha value is -1.09. The molecule has 10 heteroatoms. The van der Waals surface area contributed by atoms with Gasteiger partial charge in [-0.15, -0.1) is 0 Å². The summed E-state index contributed by atoms with van der Waals surface area (Å²) >= 11 is 0. The van der Waals surface area contributed by atoms with E-state index in [2.05, 4.69) is 9.52 Å². The zero-order chi connectivity index (χ0) is 14.5. The number of carbonyl (C=O) groups excluding carboxylic acids is 1. The number of amidine groups is 1. The predicted molar refractivity (Wildman–Crippen MR) is 64.6 cm³/mol. The smallest absolute Gasteiger partial charge is 0.388 e. The first-order valence-corrected chi connectivity index (χ1v) is 7.42. The van der Waals surface area contributed by atoms with Crippen molar-refractivity contribution in [1.29, 1.82) is 0 Å². The topological polar surface area (TPSA) is 141 Å². The maximum absolute atomic E-state index is 11.8. The first kappa shape index (κ1) is 13.9. The van der Waals surface area contributed by atoms with Crippen LogP contribution in [0.3, 0.4) is 0 Å². The van der Waals surface area contributed by atoms with Crippen molar-refractivity contribution in [2.75, 3.05) is 6.61 Å². The summed E-state index contributed by atoms with van der Waals surface area (Å²) in [6.07, 6.45) is -0.972. The van der Waals surface area contributed by atoms with E-state index in [0.717, 1.165) is 0 Å². The van der Waals surface area contributed by atoms with Gasteiger partial charge in [-0.25, -0.2) is 4.57 Å². The van der Waals surface area contributed by atoms with Crippen molar-refractivity contribution in [2.45, 2.75) is 24.4 Å². The van der Waals surface area contributed by atoms with Crippen molar-refractivity contribution >= 4 is 19.6 Å². The van der Waals surface area contributed by atoms with E-state index in [4.69, 9.17) is 15.0 Å². The van der Waals surface area contributed by atoms with Gasteiger partial charge in [0.2, 0.25) is 0 Å². The number of phosphoric ester groups is 1. The first-order chi connectivity index (χ1) is 9.37. The summed E-state index contributed by atoms with van der Waals surface area (Å²) in [6, 6.07) is 0. The fourth-order valence-corrected chi connectivity index (χ4v) is 3.42. The van der Waals surface area contributed by atoms with Crippen LogP contribution in [-0.2, 0) is 23.1 Å². The molecule has 0 radical (unpaired) electrons. The highest BCUT2D eigenvalue weighted by molar-refractivity contribution is 7.47. The summed E-state index contributed by atoms with van der Waals surface area (Å²) in [7, 11) is -4.18. The number of carbonyl (C=O) groups is 1. The molecule has 4 N–H and O–H groups in total. The van der Waals surface area contributed by atoms with Crippen LogP contribution < -0.4 is 5.73 Å². The zero-order valence-electron chi connectivity index (χ0n) is 10.2. The molecule has 0 aromatic rings. The van der Waals surface area contributed by atoms with Crippen LogP contribution in [0.4, 0.5) is 0 Å². The fraction of sp³-hybridized carbons (Fsp3) is 0.600. The molecule has 2 unspecified atom stereocenters. The Bertz CT molecular complexity index is 548. The average Bonchev–Trinajstić information content (AvgIpc) is 2.66. The van der Waals surface area contributed by atoms with Crippen molar-refractivity contribution in [3.05, 3.63) is 12.2 Å². The molecule has 0 aromatic heterocycles. The van der Waals surface area contributed by atoms with E-state index >= 15 is 0 Å². The van der Waals surface area contributed by atoms with E-state index in [1.165, 1.54) is 12.2 Å². The molecule has 0 saturated carbocycles. The van der Waals surface area contributed by atoms with Gasteiger partial charge in [-0.2, -0.15) is 4.99 Å². The lowest BCUT2D eigenvalue weighted by Crippen LogP contribution is -2.42. The second kappa shape index (κ2) is 4.73. The molecule has 110 valence electrons. The molecular formula is C10H13N2O7P. The van der Waals surface area contributed by atoms with Gasteiger partial charge < -0.3 is 20.5 Å². The third kappa shape index (κ3) is 2.32. The number of aliphatic hydroxyl groups excluding tert-OH is 1. The van der Waals surface area contributed by atoms with Gasteiger partial charge in [0.05, 0.1) is 12.5 Å². The molecule has 3 rings (SSSR count). The molecule has 3 aliphatic heterocycles. The highest BCUT2D eigenvalue weighted by atomic mass is 31.2. The van der Waals surface area contributed by atoms with Gasteiger partial charge in [-0.1, -0.05) is 6.08 Å². The van der Waals surface area contributed by atoms with Crippen molar-refractivity contribution in [1.82, 2.24) is 0 Å². The minimum absolute atomic E-state index is 0.0793. The maximum Gasteiger partial charge on any atom is 0.472 e. The van der Waals surface area contributed by atoms with Crippen LogP contribution in [0.25, 0.3) is 0 Å². The van der Waals surface area contributed by atoms with Crippen LogP contribution in [0.1, 0.15) is 0 Å². The molecule has 9 nitrogen and oxygen atoms in total. The van der Waals surface area contributed by atoms with Crippen LogP contribution in [0, 0.1) is 5.92 Å². The Kier molecular flexibility index (Phi) is 3.28. The van der Waals surface area contributed by atoms with Crippen LogP contribution in [0.15, 0.2) is 17.1 Å². The lowest BCUT2D eigenvalue weighted by Gasteiger charge is -2.28. The lowest BCUT2D eigenvalue weighted by atomic mass is 9.94. The first-order valence-electron chi connectivity index (χ1n) is 5.93. The predicted octanol–water partition coefficient (Wildman–Crippen LogP) is -1.30. The molecule has 2 saturated heterocycles. The summed E-state index contributed by atoms with van der Waals surface area (Å²) < 4.78 is 26.3. The highest BCUT2D eigenvalue weighted by Crippen LogP contribution is 2.51. The fourth-order valence-electron chi connectivity index (χ4n) is 2.45. The molecular weight excluding hydrogens is 291 g/mol. The van der Waals surface area contributed by atoms with E-state index < -0.39 is 44.1 Å². The average molecular weight is 304 g/mol. The number of hydrogen-bond acceptors (Lipinski definition) is 7. The second-order valence-corrected chi connectivity index (χ2v) is 6.13. The minimum Gasteiger partial charge on any atom is -0.388 e. The number of ether oxygens (including phenoxy) is 1. The quantitative estimate of drug-likeness (QED) is 0.508. The Morgan fingerprint density at radius 1 is 1.45 bits per heavy atom. The Morgan fingerprint density at radius 2 is 2.20 bits per heavy atom. The minimum atomic E-state index is -4.18. The van der Waals surface area contributed by atoms with Gasteiger partial charge in [-0.3, -0.25) is 13.8 Å². The number of nitrogens with two attached hydrogens (primary N) is 1. The SMILES string of the molecule is NC1=NC(=O)C([C@@H]2O[C@@H]3COP(=O)(O)O[C@H]3[C@H]2O)C=C1. The Balaban J connectivity index is 1.79. The number of phosphoric acid groups is 1. The standard InChI is InChI=1S/C10H13N2O7P/c11-6-2-1-4(10(14)12-6)8-7(13)9-5(18-8)3-17-20(15,16)19-9/h1-2,4-5,7-9,13H,3H2,(H,15,16)(H2,11,12,14)/t4?,5-,7+,8+,9-/m1/s1. The third-order valence-corrected chi connectivity index (χ3v) is 4.37. The molecule has 3 aliphatic rings. The summed E-state index contributed by atoms with van der Waals surface area (Å²) in [6.45, 7) is -0.192. The van der Waals surface area contributed by atoms with Crippen LogP contribution >= 0.6 is 7.82 Å². The largest absolute Gasteiger partial charge is 0.472 e. The van der Waals surface area contributed by atoms with Crippen molar-refractivity contribution in [3.63, 3.8) is 0 Å². The van der Waals surface area contributed by atoms with Gasteiger partial charge in [0, 0.05) is 0 Å². The molecule has 0 spiro atoms. The maximum atomic E-state index is 11.8. The van der Waals surface area contributed by atoms with Gasteiger partial charge in [0.1, 0.15) is 30.3 Å². The van der Waals surface area contributed by atoms with E-state index in [-0.39, 0.29) is 12.4 Å². The highest BCUT2D eigenvalue weighted by Gasteiger charge is 2.54. The number of aliphatic imine (C=N–C) groups is 1. The Morgan fingerprint density at radius 3 is 2.90 bits per heavy atom. The van der Waals surface area contributed by atoms with Crippen LogP contribution in [0.2, 0.25) is 0 Å². The molecule has 20 heavy (non-hydrogen) atoms. The molecule has 2 fully saturated rings. The van der Waals surface area contributed by atoms with Crippen LogP contribution in [-0.4, -0.2) is 52.8 Å². The number of rotatable bonds is 1. The summed E-state index contributed by atoms with van der Waals surface area (Å²) in [5.74, 6) is -1.28. The molecule has 0 aliphatic carbocycles. The number of hydrogen-bond donors (Lipinski definition) is 3. The Labute approximate surface area is 113 Å². The van der Waals surface area contributed by atoms with Gasteiger partial charge in [-0.05, 0) is 6.08 Å². The van der Waals surface area contributed by atoms with E-state index in [1.807, 2.05) is 0 Å². The van der Waals surface area contributed by atoms with Crippen molar-refractivity contribution < 1.29 is 33.1 Å². The molecule has 3 heterocycles. The number of dihydropyridines is 1. The molecule has 0 bridgehead atoms. The van der Waals surface area contributed by atoms with E-state index in [1.54, 1.807) is 0 Å². The molecule has 0 aromatic carbocycles. The van der Waals surface area contributed by atoms with Gasteiger partial charge in [0.25, 0.3) is 5.91 Å². The molecule has 1 amide bonds. The third-order valence-electron chi connectivity index (χ3n) is 3.38. The molecule has 6 atom stereocenters. The van der Waals surface area contributed by atoms with E-state index in [9.17, 15) is 19.4 Å². The van der Waals surface area contributed by atoms with E-state index in [0.29, 0.717) is 0 Å². The number of amides is 1. The second-order valence-electron chi connectivity index (χ2n) is 4.72. The normalized spacial score (nSPS) is 48.0. The summed E-state index contributed by atoms with van der Waals surface area (Å²) in [5, 5.41) is 10.1. The van der Waals surface area contributed by atoms with Crippen LogP contribution in [0.5, 0.6) is 0 Å². The number of nitrogens with zero attached hydrogens (tertiary/aromatic N) is 1. The van der Waals surface area contributed by atoms with Crippen molar-refractivity contribution in [3.8, 4) is 0 Å². The summed E-state index contributed by atoms with van der Waals surface area (Å²) in [4.78, 5) is 24.6. The van der Waals surface area contributed by atoms with Gasteiger partial charge in [0.15, 0.2) is 0 Å². The summed E-state index contributed by atoms with van der Waals surface area (Å²) in [5.41, 5.74) is 5.40. The lowest BCUT2D eigenvalue weighted by molar-refractivity contribution is -0.126. The van der Waals surface area contributed by atoms with Gasteiger partial charge >= 0.3 is 7.82 Å².